The average molecular weight is 247 g/mol. The fourth-order valence-electron chi connectivity index (χ4n) is 1.64. The topological polar surface area (TPSA) is 94.9 Å². The number of carbonyl (C=O) groups excluding carboxylic acids is 2. The molecule has 2 heterocycles. The number of hydrogen-bond donors (Lipinski definition) is 2. The van der Waals surface area contributed by atoms with Crippen molar-refractivity contribution in [1.82, 2.24) is 19.7 Å². The minimum Gasteiger partial charge on any atom is -0.368 e. The zero-order chi connectivity index (χ0) is 13.1. The van der Waals surface area contributed by atoms with Gasteiger partial charge in [0.05, 0.1) is 12.7 Å². The molecule has 2 aromatic heterocycles. The van der Waals surface area contributed by atoms with Crippen LogP contribution in [0.1, 0.15) is 10.4 Å². The Labute approximate surface area is 103 Å². The molecule has 2 amide bonds. The van der Waals surface area contributed by atoms with Crippen molar-refractivity contribution in [3.8, 4) is 5.82 Å². The second-order valence-electron chi connectivity index (χ2n) is 3.74. The van der Waals surface area contributed by atoms with Crippen LogP contribution >= 0.6 is 0 Å². The van der Waals surface area contributed by atoms with Gasteiger partial charge in [-0.15, -0.1) is 0 Å². The van der Waals surface area contributed by atoms with Crippen LogP contribution in [-0.2, 0) is 11.8 Å². The van der Waals surface area contributed by atoms with Crippen LogP contribution in [0.2, 0.25) is 0 Å². The summed E-state index contributed by atoms with van der Waals surface area (Å²) in [4.78, 5) is 22.5. The fourth-order valence-corrected chi connectivity index (χ4v) is 1.64. The first-order chi connectivity index (χ1) is 8.59. The van der Waals surface area contributed by atoms with Gasteiger partial charge in [0.2, 0.25) is 5.91 Å². The molecule has 7 nitrogen and oxygen atoms in total. The molecule has 0 radical (unpaired) electrons. The molecule has 0 aliphatic carbocycles. The van der Waals surface area contributed by atoms with Gasteiger partial charge in [0.1, 0.15) is 11.4 Å². The minimum absolute atomic E-state index is 0.196. The lowest BCUT2D eigenvalue weighted by Gasteiger charge is -2.07. The number of nitrogens with one attached hydrogen (secondary N) is 1. The Balaban J connectivity index is 2.29. The molecule has 0 aromatic carbocycles. The Morgan fingerprint density at radius 3 is 2.67 bits per heavy atom. The standard InChI is InChI=1S/C11H13N5O2/c1-15-11(16-4-2-3-5-16)8(6-14-15)10(18)13-7-9(12)17/h2-6H,7H2,1H3,(H2,12,17)(H,13,18). The van der Waals surface area contributed by atoms with Gasteiger partial charge in [0, 0.05) is 19.4 Å². The molecule has 18 heavy (non-hydrogen) atoms. The highest BCUT2D eigenvalue weighted by Crippen LogP contribution is 2.13. The number of rotatable bonds is 4. The molecule has 0 atom stereocenters. The second kappa shape index (κ2) is 4.74. The Hall–Kier alpha value is -2.57. The van der Waals surface area contributed by atoms with Crippen molar-refractivity contribution in [1.29, 1.82) is 0 Å². The molecule has 0 unspecified atom stereocenters. The third-order valence-electron chi connectivity index (χ3n) is 2.42. The summed E-state index contributed by atoms with van der Waals surface area (Å²) in [5.41, 5.74) is 5.36. The summed E-state index contributed by atoms with van der Waals surface area (Å²) in [6.07, 6.45) is 5.06. The number of nitrogens with zero attached hydrogens (tertiary/aromatic N) is 3. The summed E-state index contributed by atoms with van der Waals surface area (Å²) in [7, 11) is 1.74. The molecular formula is C11H13N5O2. The van der Waals surface area contributed by atoms with Gasteiger partial charge >= 0.3 is 0 Å². The molecule has 7 heteroatoms. The smallest absolute Gasteiger partial charge is 0.257 e. The lowest BCUT2D eigenvalue weighted by atomic mass is 10.3. The lowest BCUT2D eigenvalue weighted by Crippen LogP contribution is -2.33. The number of carbonyl (C=O) groups is 2. The van der Waals surface area contributed by atoms with Crippen molar-refractivity contribution < 1.29 is 9.59 Å². The summed E-state index contributed by atoms with van der Waals surface area (Å²) in [6, 6.07) is 3.69. The number of amides is 2. The quantitative estimate of drug-likeness (QED) is 0.757. The van der Waals surface area contributed by atoms with E-state index in [9.17, 15) is 9.59 Å². The zero-order valence-corrected chi connectivity index (χ0v) is 9.83. The van der Waals surface area contributed by atoms with Crippen LogP contribution in [0.25, 0.3) is 5.82 Å². The van der Waals surface area contributed by atoms with Gasteiger partial charge in [-0.05, 0) is 12.1 Å². The first-order valence-corrected chi connectivity index (χ1v) is 5.31. The van der Waals surface area contributed by atoms with Crippen LogP contribution in [0.3, 0.4) is 0 Å². The first kappa shape index (κ1) is 11.9. The third-order valence-corrected chi connectivity index (χ3v) is 2.42. The highest BCUT2D eigenvalue weighted by molar-refractivity contribution is 5.98. The molecular weight excluding hydrogens is 234 g/mol. The van der Waals surface area contributed by atoms with Crippen molar-refractivity contribution in [2.24, 2.45) is 12.8 Å². The molecule has 0 aliphatic heterocycles. The number of primary amides is 1. The SMILES string of the molecule is Cn1ncc(C(=O)NCC(N)=O)c1-n1cccc1. The maximum Gasteiger partial charge on any atom is 0.257 e. The van der Waals surface area contributed by atoms with E-state index < -0.39 is 5.91 Å². The monoisotopic (exact) mass is 247 g/mol. The molecule has 3 N–H and O–H groups in total. The number of hydrogen-bond acceptors (Lipinski definition) is 3. The Kier molecular flexibility index (Phi) is 3.13. The molecule has 0 fully saturated rings. The summed E-state index contributed by atoms with van der Waals surface area (Å²) in [5, 5.41) is 6.47. The summed E-state index contributed by atoms with van der Waals surface area (Å²) >= 11 is 0. The molecule has 2 aromatic rings. The first-order valence-electron chi connectivity index (χ1n) is 5.31. The van der Waals surface area contributed by atoms with Gasteiger partial charge in [-0.2, -0.15) is 5.10 Å². The van der Waals surface area contributed by atoms with Gasteiger partial charge in [0.25, 0.3) is 5.91 Å². The maximum absolute atomic E-state index is 11.9. The summed E-state index contributed by atoms with van der Waals surface area (Å²) < 4.78 is 3.35. The molecule has 2 rings (SSSR count). The van der Waals surface area contributed by atoms with E-state index >= 15 is 0 Å². The van der Waals surface area contributed by atoms with E-state index in [0.717, 1.165) is 0 Å². The Morgan fingerprint density at radius 2 is 2.06 bits per heavy atom. The largest absolute Gasteiger partial charge is 0.368 e. The molecule has 94 valence electrons. The minimum atomic E-state index is -0.588. The molecule has 0 bridgehead atoms. The number of aryl methyl sites for hydroxylation is 1. The van der Waals surface area contributed by atoms with Crippen LogP contribution < -0.4 is 11.1 Å². The molecule has 0 saturated heterocycles. The van der Waals surface area contributed by atoms with E-state index in [2.05, 4.69) is 10.4 Å². The van der Waals surface area contributed by atoms with Crippen molar-refractivity contribution in [2.45, 2.75) is 0 Å². The summed E-state index contributed by atoms with van der Waals surface area (Å²) in [5.74, 6) is -0.345. The van der Waals surface area contributed by atoms with Crippen molar-refractivity contribution in [3.63, 3.8) is 0 Å². The van der Waals surface area contributed by atoms with E-state index in [1.165, 1.54) is 6.20 Å². The van der Waals surface area contributed by atoms with Gasteiger partial charge in [-0.1, -0.05) is 0 Å². The van der Waals surface area contributed by atoms with Gasteiger partial charge in [0.15, 0.2) is 0 Å². The lowest BCUT2D eigenvalue weighted by molar-refractivity contribution is -0.117. The molecule has 0 spiro atoms. The van der Waals surface area contributed by atoms with Gasteiger partial charge < -0.3 is 15.6 Å². The van der Waals surface area contributed by atoms with Crippen molar-refractivity contribution in [3.05, 3.63) is 36.3 Å². The van der Waals surface area contributed by atoms with E-state index in [4.69, 9.17) is 5.73 Å². The summed E-state index contributed by atoms with van der Waals surface area (Å²) in [6.45, 7) is -0.196. The number of nitrogens with two attached hydrogens (primary N) is 1. The van der Waals surface area contributed by atoms with Crippen molar-refractivity contribution in [2.75, 3.05) is 6.54 Å². The van der Waals surface area contributed by atoms with E-state index in [-0.39, 0.29) is 12.5 Å². The van der Waals surface area contributed by atoms with Crippen LogP contribution in [0.4, 0.5) is 0 Å². The van der Waals surface area contributed by atoms with Crippen LogP contribution in [0, 0.1) is 0 Å². The van der Waals surface area contributed by atoms with Crippen LogP contribution in [0.5, 0.6) is 0 Å². The molecule has 0 aliphatic rings. The zero-order valence-electron chi connectivity index (χ0n) is 9.83. The van der Waals surface area contributed by atoms with E-state index in [1.807, 2.05) is 24.5 Å². The predicted molar refractivity (Wildman–Crippen MR) is 64.1 cm³/mol. The van der Waals surface area contributed by atoms with E-state index in [0.29, 0.717) is 11.4 Å². The predicted octanol–water partition coefficient (Wildman–Crippen LogP) is -0.574. The van der Waals surface area contributed by atoms with E-state index in [1.54, 1.807) is 16.3 Å². The Bertz CT molecular complexity index is 570. The van der Waals surface area contributed by atoms with Crippen LogP contribution in [-0.4, -0.2) is 32.7 Å². The van der Waals surface area contributed by atoms with Crippen molar-refractivity contribution >= 4 is 11.8 Å². The van der Waals surface area contributed by atoms with Crippen LogP contribution in [0.15, 0.2) is 30.7 Å². The Morgan fingerprint density at radius 1 is 1.39 bits per heavy atom. The maximum atomic E-state index is 11.9. The average Bonchev–Trinajstić information content (AvgIpc) is 2.94. The third kappa shape index (κ3) is 2.24. The highest BCUT2D eigenvalue weighted by Gasteiger charge is 2.17. The fraction of sp³-hybridized carbons (Fsp3) is 0.182. The second-order valence-corrected chi connectivity index (χ2v) is 3.74. The molecule has 0 saturated carbocycles. The van der Waals surface area contributed by atoms with Gasteiger partial charge in [-0.25, -0.2) is 0 Å². The number of aromatic nitrogens is 3. The van der Waals surface area contributed by atoms with Gasteiger partial charge in [-0.3, -0.25) is 14.3 Å². The highest BCUT2D eigenvalue weighted by atomic mass is 16.2. The normalized spacial score (nSPS) is 10.3.